The molecule has 1 N–H and O–H groups in total. The molecule has 1 fully saturated rings. The monoisotopic (exact) mass is 289 g/mol. The average Bonchev–Trinajstić information content (AvgIpc) is 3.39. The molecule has 0 spiro atoms. The van der Waals surface area contributed by atoms with E-state index >= 15 is 0 Å². The van der Waals surface area contributed by atoms with E-state index in [0.717, 1.165) is 29.7 Å². The minimum absolute atomic E-state index is 0.0733. The fraction of sp³-hybridized carbons (Fsp3) is 0.222. The van der Waals surface area contributed by atoms with Gasteiger partial charge in [-0.15, -0.1) is 0 Å². The van der Waals surface area contributed by atoms with Crippen molar-refractivity contribution in [3.05, 3.63) is 65.2 Å². The normalized spacial score (nSPS) is 20.0. The van der Waals surface area contributed by atoms with E-state index in [4.69, 9.17) is 5.26 Å². The highest BCUT2D eigenvalue weighted by atomic mass is 16.2. The Bertz CT molecular complexity index is 789. The van der Waals surface area contributed by atoms with Crippen LogP contribution < -0.4 is 5.32 Å². The van der Waals surface area contributed by atoms with Crippen LogP contribution in [0.15, 0.2) is 48.5 Å². The second kappa shape index (κ2) is 4.88. The van der Waals surface area contributed by atoms with Crippen LogP contribution >= 0.6 is 0 Å². The minimum Gasteiger partial charge on any atom is -0.361 e. The molecule has 4 heteroatoms. The van der Waals surface area contributed by atoms with E-state index in [2.05, 4.69) is 11.4 Å². The van der Waals surface area contributed by atoms with Gasteiger partial charge in [-0.1, -0.05) is 24.3 Å². The number of carbonyl (C=O) groups excluding carboxylic acids is 1. The van der Waals surface area contributed by atoms with Crippen LogP contribution in [-0.2, 0) is 0 Å². The van der Waals surface area contributed by atoms with Crippen molar-refractivity contribution in [3.8, 4) is 6.07 Å². The van der Waals surface area contributed by atoms with Gasteiger partial charge in [-0.05, 0) is 42.7 Å². The molecule has 1 aliphatic carbocycles. The lowest BCUT2D eigenvalue weighted by molar-refractivity contribution is 0.0666. The van der Waals surface area contributed by atoms with E-state index in [1.165, 1.54) is 0 Å². The zero-order chi connectivity index (χ0) is 15.1. The highest BCUT2D eigenvalue weighted by molar-refractivity contribution is 6.02. The zero-order valence-electron chi connectivity index (χ0n) is 12.0. The Labute approximate surface area is 129 Å². The standard InChI is InChI=1S/C18H15N3O/c19-11-12-4-3-5-13(10-12)17-20-16-7-2-1-6-15(16)18(22)21(17)14-8-9-14/h1-7,10,14,17,20H,8-9H2/t17-/m0/s1. The quantitative estimate of drug-likeness (QED) is 0.923. The van der Waals surface area contributed by atoms with Crippen molar-refractivity contribution in [2.24, 2.45) is 0 Å². The van der Waals surface area contributed by atoms with E-state index in [1.807, 2.05) is 47.4 Å². The van der Waals surface area contributed by atoms with Gasteiger partial charge >= 0.3 is 0 Å². The molecule has 22 heavy (non-hydrogen) atoms. The SMILES string of the molecule is N#Cc1cccc([C@H]2Nc3ccccc3C(=O)N2C2CC2)c1. The first-order chi connectivity index (χ1) is 10.8. The second-order valence-electron chi connectivity index (χ2n) is 5.77. The van der Waals surface area contributed by atoms with Crippen LogP contribution in [-0.4, -0.2) is 16.8 Å². The van der Waals surface area contributed by atoms with Crippen molar-refractivity contribution in [1.29, 1.82) is 5.26 Å². The molecule has 1 aliphatic heterocycles. The van der Waals surface area contributed by atoms with Crippen LogP contribution in [0.3, 0.4) is 0 Å². The molecule has 1 heterocycles. The summed E-state index contributed by atoms with van der Waals surface area (Å²) >= 11 is 0. The molecule has 0 saturated heterocycles. The molecule has 1 amide bonds. The minimum atomic E-state index is -0.205. The van der Waals surface area contributed by atoms with Crippen molar-refractivity contribution in [1.82, 2.24) is 4.90 Å². The molecular weight excluding hydrogens is 274 g/mol. The summed E-state index contributed by atoms with van der Waals surface area (Å²) in [7, 11) is 0. The first kappa shape index (κ1) is 12.9. The van der Waals surface area contributed by atoms with Gasteiger partial charge in [-0.25, -0.2) is 0 Å². The van der Waals surface area contributed by atoms with Crippen molar-refractivity contribution in [3.63, 3.8) is 0 Å². The maximum absolute atomic E-state index is 12.9. The summed E-state index contributed by atoms with van der Waals surface area (Å²) in [6, 6.07) is 17.5. The number of hydrogen-bond acceptors (Lipinski definition) is 3. The maximum atomic E-state index is 12.9. The number of para-hydroxylation sites is 1. The van der Waals surface area contributed by atoms with Crippen LogP contribution in [0.5, 0.6) is 0 Å². The molecule has 0 bridgehead atoms. The Morgan fingerprint density at radius 1 is 1.14 bits per heavy atom. The molecule has 0 aromatic heterocycles. The van der Waals surface area contributed by atoms with Crippen LogP contribution in [0.2, 0.25) is 0 Å². The lowest BCUT2D eigenvalue weighted by Gasteiger charge is -2.38. The summed E-state index contributed by atoms with van der Waals surface area (Å²) in [5, 5.41) is 12.6. The van der Waals surface area contributed by atoms with Gasteiger partial charge < -0.3 is 10.2 Å². The molecule has 108 valence electrons. The largest absolute Gasteiger partial charge is 0.361 e. The van der Waals surface area contributed by atoms with Crippen molar-refractivity contribution in [2.75, 3.05) is 5.32 Å². The summed E-state index contributed by atoms with van der Waals surface area (Å²) in [5.74, 6) is 0.0733. The molecule has 0 unspecified atom stereocenters. The number of anilines is 1. The Hall–Kier alpha value is -2.80. The Morgan fingerprint density at radius 2 is 1.95 bits per heavy atom. The molecule has 2 aliphatic rings. The fourth-order valence-electron chi connectivity index (χ4n) is 3.02. The summed E-state index contributed by atoms with van der Waals surface area (Å²) in [4.78, 5) is 14.8. The van der Waals surface area contributed by atoms with Gasteiger partial charge in [0.05, 0.1) is 17.2 Å². The molecule has 4 rings (SSSR count). The van der Waals surface area contributed by atoms with E-state index < -0.39 is 0 Å². The van der Waals surface area contributed by atoms with E-state index in [-0.39, 0.29) is 12.1 Å². The fourth-order valence-corrected chi connectivity index (χ4v) is 3.02. The van der Waals surface area contributed by atoms with Crippen molar-refractivity contribution < 1.29 is 4.79 Å². The highest BCUT2D eigenvalue weighted by Crippen LogP contribution is 2.40. The third-order valence-electron chi connectivity index (χ3n) is 4.23. The van der Waals surface area contributed by atoms with Gasteiger partial charge in [-0.3, -0.25) is 4.79 Å². The summed E-state index contributed by atoms with van der Waals surface area (Å²) in [5.41, 5.74) is 3.15. The second-order valence-corrected chi connectivity index (χ2v) is 5.77. The summed E-state index contributed by atoms with van der Waals surface area (Å²) in [6.07, 6.45) is 1.89. The number of nitrogens with zero attached hydrogens (tertiary/aromatic N) is 2. The molecule has 2 aromatic carbocycles. The van der Waals surface area contributed by atoms with Gasteiger partial charge in [0, 0.05) is 11.7 Å². The van der Waals surface area contributed by atoms with Gasteiger partial charge in [0.15, 0.2) is 0 Å². The maximum Gasteiger partial charge on any atom is 0.258 e. The third kappa shape index (κ3) is 2.03. The molecule has 1 saturated carbocycles. The topological polar surface area (TPSA) is 56.1 Å². The van der Waals surface area contributed by atoms with Crippen molar-refractivity contribution in [2.45, 2.75) is 25.0 Å². The van der Waals surface area contributed by atoms with E-state index in [0.29, 0.717) is 11.6 Å². The van der Waals surface area contributed by atoms with Gasteiger partial charge in [0.25, 0.3) is 5.91 Å². The van der Waals surface area contributed by atoms with Gasteiger partial charge in [-0.2, -0.15) is 5.26 Å². The highest BCUT2D eigenvalue weighted by Gasteiger charge is 2.41. The van der Waals surface area contributed by atoms with Crippen LogP contribution in [0.1, 0.15) is 40.5 Å². The lowest BCUT2D eigenvalue weighted by Crippen LogP contribution is -2.44. The van der Waals surface area contributed by atoms with Crippen LogP contribution in [0.4, 0.5) is 5.69 Å². The molecular formula is C18H15N3O. The smallest absolute Gasteiger partial charge is 0.258 e. The first-order valence-corrected chi connectivity index (χ1v) is 7.46. The third-order valence-corrected chi connectivity index (χ3v) is 4.23. The molecule has 1 atom stereocenters. The number of nitriles is 1. The summed E-state index contributed by atoms with van der Waals surface area (Å²) in [6.45, 7) is 0. The van der Waals surface area contributed by atoms with E-state index in [1.54, 1.807) is 6.07 Å². The lowest BCUT2D eigenvalue weighted by atomic mass is 10.0. The number of hydrogen-bond donors (Lipinski definition) is 1. The van der Waals surface area contributed by atoms with Gasteiger partial charge in [0.1, 0.15) is 6.17 Å². The number of nitrogens with one attached hydrogen (secondary N) is 1. The van der Waals surface area contributed by atoms with Gasteiger partial charge in [0.2, 0.25) is 0 Å². The average molecular weight is 289 g/mol. The number of benzene rings is 2. The van der Waals surface area contributed by atoms with Crippen LogP contribution in [0, 0.1) is 11.3 Å². The number of rotatable bonds is 2. The predicted molar refractivity (Wildman–Crippen MR) is 83.2 cm³/mol. The Balaban J connectivity index is 1.80. The van der Waals surface area contributed by atoms with E-state index in [9.17, 15) is 4.79 Å². The zero-order valence-corrected chi connectivity index (χ0v) is 12.0. The molecule has 0 radical (unpaired) electrons. The Morgan fingerprint density at radius 3 is 2.73 bits per heavy atom. The molecule has 2 aromatic rings. The van der Waals surface area contributed by atoms with Crippen molar-refractivity contribution >= 4 is 11.6 Å². The first-order valence-electron chi connectivity index (χ1n) is 7.46. The van der Waals surface area contributed by atoms with Crippen LogP contribution in [0.25, 0.3) is 0 Å². The molecule has 4 nitrogen and oxygen atoms in total. The summed E-state index contributed by atoms with van der Waals surface area (Å²) < 4.78 is 0. The number of fused-ring (bicyclic) bond motifs is 1. The number of amides is 1. The Kier molecular flexibility index (Phi) is 2.87. The number of carbonyl (C=O) groups is 1. The predicted octanol–water partition coefficient (Wildman–Crippen LogP) is 3.29.